The second-order valence-electron chi connectivity index (χ2n) is 4.89. The minimum absolute atomic E-state index is 0.0411. The fourth-order valence-electron chi connectivity index (χ4n) is 2.03. The SMILES string of the molecule is CCCn1ncnc1COc1ccc([C@@H](C)N)cc1OC. The van der Waals surface area contributed by atoms with E-state index in [1.54, 1.807) is 13.4 Å². The largest absolute Gasteiger partial charge is 0.493 e. The average Bonchev–Trinajstić information content (AvgIpc) is 2.92. The van der Waals surface area contributed by atoms with E-state index in [1.807, 2.05) is 29.8 Å². The number of nitrogens with two attached hydrogens (primary N) is 1. The lowest BCUT2D eigenvalue weighted by Gasteiger charge is -2.13. The summed E-state index contributed by atoms with van der Waals surface area (Å²) in [6.07, 6.45) is 2.55. The molecule has 0 saturated carbocycles. The number of hydrogen-bond donors (Lipinski definition) is 1. The van der Waals surface area contributed by atoms with Crippen molar-refractivity contribution in [3.05, 3.63) is 35.9 Å². The average molecular weight is 290 g/mol. The van der Waals surface area contributed by atoms with Gasteiger partial charge in [0.2, 0.25) is 0 Å². The molecular weight excluding hydrogens is 268 g/mol. The van der Waals surface area contributed by atoms with Crippen LogP contribution < -0.4 is 15.2 Å². The van der Waals surface area contributed by atoms with Crippen molar-refractivity contribution in [2.75, 3.05) is 7.11 Å². The minimum Gasteiger partial charge on any atom is -0.493 e. The number of rotatable bonds is 7. The predicted octanol–water partition coefficient (Wildman–Crippen LogP) is 2.30. The molecule has 0 aliphatic rings. The van der Waals surface area contributed by atoms with Crippen LogP contribution in [0, 0.1) is 0 Å². The van der Waals surface area contributed by atoms with Gasteiger partial charge >= 0.3 is 0 Å². The van der Waals surface area contributed by atoms with Crippen molar-refractivity contribution in [2.45, 2.75) is 39.5 Å². The Labute approximate surface area is 124 Å². The lowest BCUT2D eigenvalue weighted by Crippen LogP contribution is -2.09. The predicted molar refractivity (Wildman–Crippen MR) is 80.2 cm³/mol. The molecule has 0 amide bonds. The molecule has 1 atom stereocenters. The number of hydrogen-bond acceptors (Lipinski definition) is 5. The summed E-state index contributed by atoms with van der Waals surface area (Å²) in [6, 6.07) is 5.68. The summed E-state index contributed by atoms with van der Waals surface area (Å²) in [6.45, 7) is 5.22. The maximum atomic E-state index is 5.87. The highest BCUT2D eigenvalue weighted by atomic mass is 16.5. The Morgan fingerprint density at radius 2 is 2.14 bits per heavy atom. The molecule has 1 aromatic carbocycles. The monoisotopic (exact) mass is 290 g/mol. The van der Waals surface area contributed by atoms with Crippen molar-refractivity contribution in [1.82, 2.24) is 14.8 Å². The third-order valence-corrected chi connectivity index (χ3v) is 3.20. The molecule has 2 aromatic rings. The van der Waals surface area contributed by atoms with Crippen LogP contribution in [0.5, 0.6) is 11.5 Å². The molecule has 2 rings (SSSR count). The van der Waals surface area contributed by atoms with Crippen LogP contribution in [-0.2, 0) is 13.2 Å². The number of aryl methyl sites for hydroxylation is 1. The molecule has 0 aliphatic heterocycles. The third kappa shape index (κ3) is 3.72. The first-order chi connectivity index (χ1) is 10.2. The van der Waals surface area contributed by atoms with Gasteiger partial charge in [-0.15, -0.1) is 0 Å². The van der Waals surface area contributed by atoms with Crippen LogP contribution in [0.4, 0.5) is 0 Å². The van der Waals surface area contributed by atoms with E-state index in [0.717, 1.165) is 24.4 Å². The van der Waals surface area contributed by atoms with E-state index in [0.29, 0.717) is 18.1 Å². The van der Waals surface area contributed by atoms with E-state index >= 15 is 0 Å². The molecule has 1 heterocycles. The van der Waals surface area contributed by atoms with Gasteiger partial charge in [0.25, 0.3) is 0 Å². The zero-order valence-corrected chi connectivity index (χ0v) is 12.7. The molecular formula is C15H22N4O2. The molecule has 1 aromatic heterocycles. The number of ether oxygens (including phenoxy) is 2. The molecule has 21 heavy (non-hydrogen) atoms. The Morgan fingerprint density at radius 3 is 2.81 bits per heavy atom. The first-order valence-corrected chi connectivity index (χ1v) is 7.08. The van der Waals surface area contributed by atoms with E-state index in [4.69, 9.17) is 15.2 Å². The zero-order chi connectivity index (χ0) is 15.2. The van der Waals surface area contributed by atoms with Crippen LogP contribution in [0.2, 0.25) is 0 Å². The Morgan fingerprint density at radius 1 is 1.33 bits per heavy atom. The van der Waals surface area contributed by atoms with Crippen LogP contribution in [0.25, 0.3) is 0 Å². The smallest absolute Gasteiger partial charge is 0.164 e. The van der Waals surface area contributed by atoms with Gasteiger partial charge in [0.15, 0.2) is 17.3 Å². The second-order valence-corrected chi connectivity index (χ2v) is 4.89. The van der Waals surface area contributed by atoms with Gasteiger partial charge in [-0.1, -0.05) is 13.0 Å². The van der Waals surface area contributed by atoms with E-state index in [2.05, 4.69) is 17.0 Å². The molecule has 0 fully saturated rings. The normalized spacial score (nSPS) is 12.2. The van der Waals surface area contributed by atoms with Crippen molar-refractivity contribution in [2.24, 2.45) is 5.73 Å². The minimum atomic E-state index is -0.0411. The lowest BCUT2D eigenvalue weighted by molar-refractivity contribution is 0.268. The Hall–Kier alpha value is -2.08. The maximum Gasteiger partial charge on any atom is 0.164 e. The third-order valence-electron chi connectivity index (χ3n) is 3.20. The first-order valence-electron chi connectivity index (χ1n) is 7.08. The highest BCUT2D eigenvalue weighted by Crippen LogP contribution is 2.30. The molecule has 0 unspecified atom stereocenters. The molecule has 6 heteroatoms. The van der Waals surface area contributed by atoms with E-state index in [-0.39, 0.29) is 6.04 Å². The molecule has 0 radical (unpaired) electrons. The van der Waals surface area contributed by atoms with Crippen LogP contribution in [0.15, 0.2) is 24.5 Å². The summed E-state index contributed by atoms with van der Waals surface area (Å²) < 4.78 is 13.0. The highest BCUT2D eigenvalue weighted by Gasteiger charge is 2.10. The quantitative estimate of drug-likeness (QED) is 0.846. The fourth-order valence-corrected chi connectivity index (χ4v) is 2.03. The van der Waals surface area contributed by atoms with Gasteiger partial charge < -0.3 is 15.2 Å². The summed E-state index contributed by atoms with van der Waals surface area (Å²) >= 11 is 0. The van der Waals surface area contributed by atoms with Gasteiger partial charge in [-0.25, -0.2) is 9.67 Å². The van der Waals surface area contributed by atoms with E-state index < -0.39 is 0 Å². The zero-order valence-electron chi connectivity index (χ0n) is 12.7. The van der Waals surface area contributed by atoms with Crippen LogP contribution in [-0.4, -0.2) is 21.9 Å². The molecule has 0 saturated heterocycles. The van der Waals surface area contributed by atoms with Gasteiger partial charge in [-0.2, -0.15) is 5.10 Å². The molecule has 114 valence electrons. The summed E-state index contributed by atoms with van der Waals surface area (Å²) in [5.41, 5.74) is 6.88. The van der Waals surface area contributed by atoms with Gasteiger partial charge in [0, 0.05) is 12.6 Å². The summed E-state index contributed by atoms with van der Waals surface area (Å²) in [5.74, 6) is 2.15. The topological polar surface area (TPSA) is 75.2 Å². The second kappa shape index (κ2) is 7.08. The van der Waals surface area contributed by atoms with Crippen molar-refractivity contribution in [3.8, 4) is 11.5 Å². The Balaban J connectivity index is 2.10. The molecule has 0 spiro atoms. The van der Waals surface area contributed by atoms with E-state index in [1.165, 1.54) is 0 Å². The summed E-state index contributed by atoms with van der Waals surface area (Å²) in [4.78, 5) is 4.22. The van der Waals surface area contributed by atoms with Crippen LogP contribution in [0.1, 0.15) is 37.7 Å². The standard InChI is InChI=1S/C15H22N4O2/c1-4-7-19-15(17-10-18-19)9-21-13-6-5-12(11(2)16)8-14(13)20-3/h5-6,8,10-11H,4,7,9,16H2,1-3H3/t11-/m1/s1. The van der Waals surface area contributed by atoms with Gasteiger partial charge in [0.05, 0.1) is 7.11 Å². The number of aromatic nitrogens is 3. The van der Waals surface area contributed by atoms with Gasteiger partial charge in [-0.3, -0.25) is 0 Å². The molecule has 6 nitrogen and oxygen atoms in total. The van der Waals surface area contributed by atoms with E-state index in [9.17, 15) is 0 Å². The van der Waals surface area contributed by atoms with Crippen molar-refractivity contribution >= 4 is 0 Å². The molecule has 0 bridgehead atoms. The maximum absolute atomic E-state index is 5.87. The van der Waals surface area contributed by atoms with Gasteiger partial charge in [0.1, 0.15) is 12.9 Å². The number of benzene rings is 1. The molecule has 2 N–H and O–H groups in total. The van der Waals surface area contributed by atoms with Crippen LogP contribution >= 0.6 is 0 Å². The Kier molecular flexibility index (Phi) is 5.16. The van der Waals surface area contributed by atoms with Crippen molar-refractivity contribution in [3.63, 3.8) is 0 Å². The lowest BCUT2D eigenvalue weighted by atomic mass is 10.1. The number of nitrogens with zero attached hydrogens (tertiary/aromatic N) is 3. The van der Waals surface area contributed by atoms with Gasteiger partial charge in [-0.05, 0) is 31.0 Å². The summed E-state index contributed by atoms with van der Waals surface area (Å²) in [7, 11) is 1.62. The van der Waals surface area contributed by atoms with Crippen LogP contribution in [0.3, 0.4) is 0 Å². The highest BCUT2D eigenvalue weighted by molar-refractivity contribution is 5.43. The van der Waals surface area contributed by atoms with Crippen molar-refractivity contribution < 1.29 is 9.47 Å². The number of methoxy groups -OCH3 is 1. The molecule has 0 aliphatic carbocycles. The fraction of sp³-hybridized carbons (Fsp3) is 0.467. The first kappa shape index (κ1) is 15.3. The summed E-state index contributed by atoms with van der Waals surface area (Å²) in [5, 5.41) is 4.18. The Bertz CT molecular complexity index is 581. The van der Waals surface area contributed by atoms with Crippen molar-refractivity contribution in [1.29, 1.82) is 0 Å².